The highest BCUT2D eigenvalue weighted by atomic mass is 127. The number of hydrogen-bond acceptors (Lipinski definition) is 5. The molecule has 2 aromatic rings. The highest BCUT2D eigenvalue weighted by Gasteiger charge is 2.24. The summed E-state index contributed by atoms with van der Waals surface area (Å²) in [6, 6.07) is 4.82. The van der Waals surface area contributed by atoms with Crippen LogP contribution < -0.4 is 10.6 Å². The maximum absolute atomic E-state index is 4.73. The van der Waals surface area contributed by atoms with Gasteiger partial charge in [0.15, 0.2) is 5.96 Å². The van der Waals surface area contributed by atoms with Crippen molar-refractivity contribution in [3.8, 4) is 0 Å². The second-order valence-corrected chi connectivity index (χ2v) is 8.36. The van der Waals surface area contributed by atoms with Crippen LogP contribution in [0, 0.1) is 0 Å². The van der Waals surface area contributed by atoms with Gasteiger partial charge in [-0.05, 0) is 50.7 Å². The third kappa shape index (κ3) is 6.69. The summed E-state index contributed by atoms with van der Waals surface area (Å²) < 4.78 is 0. The van der Waals surface area contributed by atoms with E-state index in [0.717, 1.165) is 31.2 Å². The molecule has 8 heteroatoms. The van der Waals surface area contributed by atoms with E-state index in [1.54, 1.807) is 11.3 Å². The quantitative estimate of drug-likeness (QED) is 0.311. The number of hydrogen-bond donors (Lipinski definition) is 2. The Balaban J connectivity index is 0.00000261. The summed E-state index contributed by atoms with van der Waals surface area (Å²) in [6.45, 7) is 8.99. The lowest BCUT2D eigenvalue weighted by molar-refractivity contribution is 0.249. The number of thiophene rings is 1. The number of nitrogens with one attached hydrogen (secondary N) is 2. The van der Waals surface area contributed by atoms with Crippen LogP contribution in [0.15, 0.2) is 27.9 Å². The van der Waals surface area contributed by atoms with Crippen molar-refractivity contribution in [3.05, 3.63) is 38.5 Å². The number of aliphatic imine (C=N–C) groups is 1. The van der Waals surface area contributed by atoms with Crippen LogP contribution in [-0.4, -0.2) is 42.0 Å². The van der Waals surface area contributed by atoms with Crippen molar-refractivity contribution in [2.45, 2.75) is 45.7 Å². The van der Waals surface area contributed by atoms with E-state index in [0.29, 0.717) is 12.6 Å². The zero-order valence-corrected chi connectivity index (χ0v) is 20.1. The van der Waals surface area contributed by atoms with Crippen molar-refractivity contribution in [1.29, 1.82) is 0 Å². The van der Waals surface area contributed by atoms with Crippen LogP contribution in [0.4, 0.5) is 0 Å². The first-order chi connectivity index (χ1) is 12.8. The predicted molar refractivity (Wildman–Crippen MR) is 128 cm³/mol. The van der Waals surface area contributed by atoms with Crippen LogP contribution in [0.25, 0.3) is 0 Å². The second-order valence-electron chi connectivity index (χ2n) is 6.44. The zero-order valence-electron chi connectivity index (χ0n) is 16.1. The van der Waals surface area contributed by atoms with Gasteiger partial charge in [0.05, 0.1) is 23.3 Å². The fraction of sp³-hybridized carbons (Fsp3) is 0.579. The van der Waals surface area contributed by atoms with Crippen molar-refractivity contribution < 1.29 is 0 Å². The summed E-state index contributed by atoms with van der Waals surface area (Å²) in [5.41, 5.74) is 1.05. The molecule has 0 aromatic carbocycles. The maximum atomic E-state index is 4.73. The van der Waals surface area contributed by atoms with Crippen molar-refractivity contribution in [3.63, 3.8) is 0 Å². The van der Waals surface area contributed by atoms with Crippen LogP contribution in [0.3, 0.4) is 0 Å². The molecule has 0 spiro atoms. The topological polar surface area (TPSA) is 52.6 Å². The van der Waals surface area contributed by atoms with Gasteiger partial charge in [-0.1, -0.05) is 13.0 Å². The average Bonchev–Trinajstić information content (AvgIpc) is 3.42. The molecule has 0 amide bonds. The third-order valence-corrected chi connectivity index (χ3v) is 6.58. The second kappa shape index (κ2) is 12.0. The minimum atomic E-state index is 0. The van der Waals surface area contributed by atoms with Gasteiger partial charge in [-0.25, -0.2) is 9.98 Å². The number of halogens is 1. The molecule has 3 heterocycles. The van der Waals surface area contributed by atoms with Gasteiger partial charge in [-0.2, -0.15) is 0 Å². The number of nitrogens with zero attached hydrogens (tertiary/aromatic N) is 3. The smallest absolute Gasteiger partial charge is 0.191 e. The van der Waals surface area contributed by atoms with Crippen LogP contribution in [0.2, 0.25) is 0 Å². The molecule has 0 aliphatic carbocycles. The summed E-state index contributed by atoms with van der Waals surface area (Å²) in [6.07, 6.45) is 3.60. The van der Waals surface area contributed by atoms with E-state index in [9.17, 15) is 0 Å². The van der Waals surface area contributed by atoms with E-state index in [2.05, 4.69) is 57.3 Å². The van der Waals surface area contributed by atoms with E-state index in [1.807, 2.05) is 11.3 Å². The zero-order chi connectivity index (χ0) is 18.2. The number of rotatable bonds is 8. The molecule has 0 bridgehead atoms. The number of thiazole rings is 1. The molecule has 1 aliphatic heterocycles. The van der Waals surface area contributed by atoms with Crippen LogP contribution in [0.1, 0.15) is 48.3 Å². The molecule has 2 N–H and O–H groups in total. The number of guanidine groups is 1. The first-order valence-electron chi connectivity index (χ1n) is 9.53. The molecule has 1 atom stereocenters. The highest BCUT2D eigenvalue weighted by molar-refractivity contribution is 14.0. The van der Waals surface area contributed by atoms with E-state index in [-0.39, 0.29) is 24.0 Å². The Bertz CT molecular complexity index is 680. The highest BCUT2D eigenvalue weighted by Crippen LogP contribution is 2.27. The summed E-state index contributed by atoms with van der Waals surface area (Å²) in [5, 5.41) is 12.4. The van der Waals surface area contributed by atoms with Crippen LogP contribution in [0.5, 0.6) is 0 Å². The Kier molecular flexibility index (Phi) is 10.0. The Morgan fingerprint density at radius 1 is 1.26 bits per heavy atom. The lowest BCUT2D eigenvalue weighted by Gasteiger charge is -2.27. The minimum absolute atomic E-state index is 0. The first kappa shape index (κ1) is 22.6. The number of aryl methyl sites for hydroxylation is 1. The van der Waals surface area contributed by atoms with Gasteiger partial charge < -0.3 is 10.6 Å². The van der Waals surface area contributed by atoms with Crippen molar-refractivity contribution >= 4 is 52.6 Å². The lowest BCUT2D eigenvalue weighted by Crippen LogP contribution is -2.42. The van der Waals surface area contributed by atoms with E-state index in [1.165, 1.54) is 35.8 Å². The average molecular weight is 520 g/mol. The molecule has 1 unspecified atom stereocenters. The molecule has 0 saturated carbocycles. The molecule has 3 rings (SSSR count). The molecule has 1 saturated heterocycles. The van der Waals surface area contributed by atoms with E-state index in [4.69, 9.17) is 4.99 Å². The minimum Gasteiger partial charge on any atom is -0.357 e. The monoisotopic (exact) mass is 519 g/mol. The van der Waals surface area contributed by atoms with E-state index < -0.39 is 0 Å². The van der Waals surface area contributed by atoms with Gasteiger partial charge in [0, 0.05) is 23.3 Å². The Hall–Kier alpha value is -0.710. The van der Waals surface area contributed by atoms with E-state index >= 15 is 0 Å². The SMILES string of the molecule is CCNC(=NCc1csc(CC)n1)NCC(c1cccs1)N1CCCC1.I. The van der Waals surface area contributed by atoms with Crippen LogP contribution in [-0.2, 0) is 13.0 Å². The molecule has 2 aromatic heterocycles. The fourth-order valence-corrected chi connectivity index (χ4v) is 4.82. The van der Waals surface area contributed by atoms with Gasteiger partial charge in [0.2, 0.25) is 0 Å². The Morgan fingerprint density at radius 3 is 2.70 bits per heavy atom. The molecule has 27 heavy (non-hydrogen) atoms. The van der Waals surface area contributed by atoms with Gasteiger partial charge in [0.25, 0.3) is 0 Å². The summed E-state index contributed by atoms with van der Waals surface area (Å²) in [7, 11) is 0. The normalized spacial score (nSPS) is 16.1. The van der Waals surface area contributed by atoms with Crippen molar-refractivity contribution in [2.75, 3.05) is 26.2 Å². The predicted octanol–water partition coefficient (Wildman–Crippen LogP) is 4.28. The number of aromatic nitrogens is 1. The molecule has 1 fully saturated rings. The largest absolute Gasteiger partial charge is 0.357 e. The summed E-state index contributed by atoms with van der Waals surface area (Å²) in [5.74, 6) is 0.874. The molecular formula is C19H30IN5S2. The van der Waals surface area contributed by atoms with Gasteiger partial charge in [-0.15, -0.1) is 46.7 Å². The Morgan fingerprint density at radius 2 is 2.07 bits per heavy atom. The Labute approximate surface area is 187 Å². The molecular weight excluding hydrogens is 489 g/mol. The molecule has 0 radical (unpaired) electrons. The van der Waals surface area contributed by atoms with Crippen LogP contribution >= 0.6 is 46.7 Å². The van der Waals surface area contributed by atoms with Gasteiger partial charge in [-0.3, -0.25) is 4.90 Å². The molecule has 5 nitrogen and oxygen atoms in total. The van der Waals surface area contributed by atoms with Crippen molar-refractivity contribution in [2.24, 2.45) is 4.99 Å². The first-order valence-corrected chi connectivity index (χ1v) is 11.3. The van der Waals surface area contributed by atoms with Gasteiger partial charge in [0.1, 0.15) is 0 Å². The molecule has 150 valence electrons. The van der Waals surface area contributed by atoms with Crippen molar-refractivity contribution in [1.82, 2.24) is 20.5 Å². The fourth-order valence-electron chi connectivity index (χ4n) is 3.22. The van der Waals surface area contributed by atoms with Gasteiger partial charge >= 0.3 is 0 Å². The summed E-state index contributed by atoms with van der Waals surface area (Å²) >= 11 is 3.57. The maximum Gasteiger partial charge on any atom is 0.191 e. The third-order valence-electron chi connectivity index (χ3n) is 4.56. The lowest BCUT2D eigenvalue weighted by atomic mass is 10.2. The molecule has 1 aliphatic rings. The summed E-state index contributed by atoms with van der Waals surface area (Å²) in [4.78, 5) is 13.4. The standard InChI is InChI=1S/C19H29N5S2.HI/c1-3-18-23-15(14-26-18)12-21-19(20-4-2)22-13-16(17-8-7-11-25-17)24-9-5-6-10-24;/h7-8,11,14,16H,3-6,9-10,12-13H2,1-2H3,(H2,20,21,22);1H. The number of likely N-dealkylation sites (tertiary alicyclic amines) is 1.